The molecule has 0 radical (unpaired) electrons. The molecule has 0 aliphatic heterocycles. The molecule has 7 atom stereocenters. The molecule has 0 unspecified atom stereocenters. The van der Waals surface area contributed by atoms with E-state index in [0.29, 0.717) is 36.4 Å². The van der Waals surface area contributed by atoms with Gasteiger partial charge in [0.2, 0.25) is 0 Å². The van der Waals surface area contributed by atoms with Gasteiger partial charge in [-0.15, -0.1) is 11.6 Å². The Morgan fingerprint density at radius 1 is 1.16 bits per heavy atom. The van der Waals surface area contributed by atoms with Crippen molar-refractivity contribution in [2.75, 3.05) is 5.88 Å². The lowest BCUT2D eigenvalue weighted by Gasteiger charge is -2.59. The minimum absolute atomic E-state index is 0.0968. The first-order valence-corrected chi connectivity index (χ1v) is 10.5. The van der Waals surface area contributed by atoms with Crippen molar-refractivity contribution in [1.82, 2.24) is 0 Å². The van der Waals surface area contributed by atoms with Gasteiger partial charge in [0.15, 0.2) is 5.78 Å². The van der Waals surface area contributed by atoms with E-state index in [2.05, 4.69) is 13.8 Å². The highest BCUT2D eigenvalue weighted by Crippen LogP contribution is 2.68. The number of fused-ring (bicyclic) bond motifs is 5. The molecule has 4 aliphatic rings. The minimum atomic E-state index is -1.05. The molecule has 0 saturated heterocycles. The highest BCUT2D eigenvalue weighted by atomic mass is 35.5. The Bertz CT molecular complexity index is 616. The number of ketones is 1. The van der Waals surface area contributed by atoms with Crippen LogP contribution in [0, 0.1) is 28.6 Å². The molecule has 0 heterocycles. The minimum Gasteiger partial charge on any atom is -0.389 e. The van der Waals surface area contributed by atoms with E-state index >= 15 is 0 Å². The van der Waals surface area contributed by atoms with Gasteiger partial charge in [0.1, 0.15) is 0 Å². The number of halogens is 1. The summed E-state index contributed by atoms with van der Waals surface area (Å²) in [5.74, 6) is 2.04. The van der Waals surface area contributed by atoms with E-state index in [1.165, 1.54) is 5.57 Å². The monoisotopic (exact) mass is 366 g/mol. The average molecular weight is 367 g/mol. The number of allylic oxidation sites excluding steroid dienone is 1. The fourth-order valence-electron chi connectivity index (χ4n) is 7.29. The molecular weight excluding hydrogens is 336 g/mol. The third-order valence-electron chi connectivity index (χ3n) is 8.87. The van der Waals surface area contributed by atoms with E-state index in [-0.39, 0.29) is 16.7 Å². The van der Waals surface area contributed by atoms with E-state index in [9.17, 15) is 15.0 Å². The molecule has 0 aromatic heterocycles. The van der Waals surface area contributed by atoms with Crippen molar-refractivity contribution < 1.29 is 15.0 Å². The molecule has 0 spiro atoms. The second-order valence-electron chi connectivity index (χ2n) is 9.56. The Labute approximate surface area is 155 Å². The standard InChI is InChI=1S/C21H31ClO3/c1-19-8-5-14(23)11-13(19)3-4-15-16(19)6-9-20(2)17(15)7-10-21(20,25)18(24)12-22/h11,15-18,24-25H,3-10,12H2,1-2H3/t15-,16+,17+,18+,19+,20+,21+/m1/s1. The van der Waals surface area contributed by atoms with Crippen LogP contribution in [0.5, 0.6) is 0 Å². The second kappa shape index (κ2) is 5.81. The summed E-state index contributed by atoms with van der Waals surface area (Å²) in [4.78, 5) is 11.9. The molecule has 25 heavy (non-hydrogen) atoms. The van der Waals surface area contributed by atoms with Gasteiger partial charge in [0, 0.05) is 11.8 Å². The van der Waals surface area contributed by atoms with Crippen LogP contribution in [-0.2, 0) is 4.79 Å². The van der Waals surface area contributed by atoms with Gasteiger partial charge in [-0.25, -0.2) is 0 Å². The Morgan fingerprint density at radius 2 is 1.88 bits per heavy atom. The molecule has 140 valence electrons. The van der Waals surface area contributed by atoms with E-state index in [1.54, 1.807) is 0 Å². The van der Waals surface area contributed by atoms with Crippen molar-refractivity contribution in [2.24, 2.45) is 28.6 Å². The summed E-state index contributed by atoms with van der Waals surface area (Å²) >= 11 is 5.93. The van der Waals surface area contributed by atoms with Crippen LogP contribution < -0.4 is 0 Å². The maximum Gasteiger partial charge on any atom is 0.155 e. The fourth-order valence-corrected chi connectivity index (χ4v) is 7.54. The molecule has 3 nitrogen and oxygen atoms in total. The van der Waals surface area contributed by atoms with Gasteiger partial charge < -0.3 is 10.2 Å². The number of alkyl halides is 1. The van der Waals surface area contributed by atoms with E-state index < -0.39 is 11.7 Å². The molecule has 0 bridgehead atoms. The smallest absolute Gasteiger partial charge is 0.155 e. The van der Waals surface area contributed by atoms with E-state index in [0.717, 1.165) is 38.5 Å². The summed E-state index contributed by atoms with van der Waals surface area (Å²) in [7, 11) is 0. The first-order chi connectivity index (χ1) is 11.8. The molecule has 0 amide bonds. The molecule has 0 aromatic carbocycles. The lowest BCUT2D eigenvalue weighted by Crippen LogP contribution is -2.59. The van der Waals surface area contributed by atoms with Crippen molar-refractivity contribution in [2.45, 2.75) is 76.9 Å². The van der Waals surface area contributed by atoms with Crippen molar-refractivity contribution in [1.29, 1.82) is 0 Å². The quantitative estimate of drug-likeness (QED) is 0.730. The molecule has 3 fully saturated rings. The highest BCUT2D eigenvalue weighted by molar-refractivity contribution is 6.18. The van der Waals surface area contributed by atoms with E-state index in [1.807, 2.05) is 6.08 Å². The molecule has 4 aliphatic carbocycles. The zero-order valence-corrected chi connectivity index (χ0v) is 16.2. The van der Waals surface area contributed by atoms with Crippen LogP contribution in [0.15, 0.2) is 11.6 Å². The topological polar surface area (TPSA) is 57.5 Å². The molecular formula is C21H31ClO3. The van der Waals surface area contributed by atoms with E-state index in [4.69, 9.17) is 11.6 Å². The third kappa shape index (κ3) is 2.28. The summed E-state index contributed by atoms with van der Waals surface area (Å²) in [6.07, 6.45) is 8.56. The van der Waals surface area contributed by atoms with Crippen LogP contribution >= 0.6 is 11.6 Å². The molecule has 3 saturated carbocycles. The van der Waals surface area contributed by atoms with Crippen LogP contribution in [-0.4, -0.2) is 33.6 Å². The predicted octanol–water partition coefficient (Wildman–Crippen LogP) is 3.85. The molecule has 0 aromatic rings. The van der Waals surface area contributed by atoms with Gasteiger partial charge in [-0.05, 0) is 74.2 Å². The first kappa shape index (κ1) is 18.0. The third-order valence-corrected chi connectivity index (χ3v) is 9.17. The number of carbonyl (C=O) groups excluding carboxylic acids is 1. The number of rotatable bonds is 2. The second-order valence-corrected chi connectivity index (χ2v) is 9.87. The number of hydrogen-bond acceptors (Lipinski definition) is 3. The van der Waals surface area contributed by atoms with Gasteiger partial charge in [-0.2, -0.15) is 0 Å². The molecule has 4 heteroatoms. The maximum absolute atomic E-state index is 11.9. The van der Waals surface area contributed by atoms with Crippen molar-refractivity contribution in [3.8, 4) is 0 Å². The maximum atomic E-state index is 11.9. The Hall–Kier alpha value is -0.380. The summed E-state index contributed by atoms with van der Waals surface area (Å²) in [5, 5.41) is 21.8. The lowest BCUT2D eigenvalue weighted by molar-refractivity contribution is -0.170. The van der Waals surface area contributed by atoms with Gasteiger partial charge in [0.05, 0.1) is 17.6 Å². The van der Waals surface area contributed by atoms with Gasteiger partial charge >= 0.3 is 0 Å². The summed E-state index contributed by atoms with van der Waals surface area (Å²) in [6, 6.07) is 0. The number of aliphatic hydroxyl groups excluding tert-OH is 1. The van der Waals surface area contributed by atoms with Crippen molar-refractivity contribution >= 4 is 17.4 Å². The largest absolute Gasteiger partial charge is 0.389 e. The number of carbonyl (C=O) groups is 1. The SMILES string of the molecule is C[C@]12CCC(=O)C=C1CC[C@@H]1[C@@H]2CC[C@@]2(C)[C@H]1CC[C@]2(O)[C@@H](O)CCl. The Kier molecular flexibility index (Phi) is 4.18. The highest BCUT2D eigenvalue weighted by Gasteiger charge is 2.65. The zero-order valence-electron chi connectivity index (χ0n) is 15.4. The van der Waals surface area contributed by atoms with Gasteiger partial charge in [-0.1, -0.05) is 19.4 Å². The van der Waals surface area contributed by atoms with Gasteiger partial charge in [-0.3, -0.25) is 4.79 Å². The Morgan fingerprint density at radius 3 is 2.60 bits per heavy atom. The number of hydrogen-bond donors (Lipinski definition) is 2. The van der Waals surface area contributed by atoms with Crippen LogP contribution in [0.25, 0.3) is 0 Å². The van der Waals surface area contributed by atoms with Gasteiger partial charge in [0.25, 0.3) is 0 Å². The number of aliphatic hydroxyl groups is 2. The zero-order chi connectivity index (χ0) is 18.0. The summed E-state index contributed by atoms with van der Waals surface area (Å²) < 4.78 is 0. The van der Waals surface area contributed by atoms with Crippen LogP contribution in [0.1, 0.15) is 65.2 Å². The average Bonchev–Trinajstić information content (AvgIpc) is 2.87. The lowest BCUT2D eigenvalue weighted by atomic mass is 9.46. The molecule has 2 N–H and O–H groups in total. The summed E-state index contributed by atoms with van der Waals surface area (Å²) in [6.45, 7) is 4.56. The summed E-state index contributed by atoms with van der Waals surface area (Å²) in [5.41, 5.74) is 0.237. The normalized spacial score (nSPS) is 50.5. The van der Waals surface area contributed by atoms with Crippen LogP contribution in [0.4, 0.5) is 0 Å². The van der Waals surface area contributed by atoms with Crippen molar-refractivity contribution in [3.63, 3.8) is 0 Å². The van der Waals surface area contributed by atoms with Crippen LogP contribution in [0.3, 0.4) is 0 Å². The first-order valence-electron chi connectivity index (χ1n) is 9.96. The molecule has 4 rings (SSSR count). The predicted molar refractivity (Wildman–Crippen MR) is 98.4 cm³/mol. The van der Waals surface area contributed by atoms with Crippen LogP contribution in [0.2, 0.25) is 0 Å². The van der Waals surface area contributed by atoms with Crippen molar-refractivity contribution in [3.05, 3.63) is 11.6 Å². The Balaban J connectivity index is 1.67. The fraction of sp³-hybridized carbons (Fsp3) is 0.857.